The van der Waals surface area contributed by atoms with Crippen LogP contribution in [0.2, 0.25) is 5.02 Å². The number of methoxy groups -OCH3 is 1. The molecule has 1 aliphatic rings. The van der Waals surface area contributed by atoms with Crippen LogP contribution in [0.1, 0.15) is 12.0 Å². The highest BCUT2D eigenvalue weighted by Crippen LogP contribution is 2.25. The molecule has 0 saturated carbocycles. The van der Waals surface area contributed by atoms with Gasteiger partial charge in [-0.05, 0) is 36.2 Å². The van der Waals surface area contributed by atoms with Crippen molar-refractivity contribution in [3.63, 3.8) is 0 Å². The summed E-state index contributed by atoms with van der Waals surface area (Å²) in [6.45, 7) is 1.02. The van der Waals surface area contributed by atoms with Crippen molar-refractivity contribution in [3.05, 3.63) is 58.9 Å². The van der Waals surface area contributed by atoms with Gasteiger partial charge in [-0.2, -0.15) is 4.31 Å². The van der Waals surface area contributed by atoms with Crippen molar-refractivity contribution >= 4 is 27.5 Å². The van der Waals surface area contributed by atoms with Gasteiger partial charge in [0.25, 0.3) is 0 Å². The Hall–Kier alpha value is -2.16. The molecule has 1 aliphatic heterocycles. The topological polar surface area (TPSA) is 66.9 Å². The average Bonchev–Trinajstić information content (AvgIpc) is 2.72. The van der Waals surface area contributed by atoms with E-state index in [1.54, 1.807) is 23.1 Å². The number of rotatable bonds is 6. The van der Waals surface area contributed by atoms with Crippen molar-refractivity contribution in [1.29, 1.82) is 0 Å². The van der Waals surface area contributed by atoms with Crippen molar-refractivity contribution in [1.82, 2.24) is 9.21 Å². The Bertz CT molecular complexity index is 992. The number of piperazine rings is 1. The second-order valence-electron chi connectivity index (χ2n) is 6.68. The fourth-order valence-electron chi connectivity index (χ4n) is 3.25. The molecule has 1 saturated heterocycles. The van der Waals surface area contributed by atoms with Gasteiger partial charge in [0.05, 0.1) is 12.1 Å². The number of sulfonamides is 1. The van der Waals surface area contributed by atoms with Crippen LogP contribution in [0.15, 0.2) is 47.4 Å². The van der Waals surface area contributed by atoms with Crippen molar-refractivity contribution < 1.29 is 22.3 Å². The molecule has 9 heteroatoms. The van der Waals surface area contributed by atoms with Gasteiger partial charge >= 0.3 is 0 Å². The van der Waals surface area contributed by atoms with Crippen LogP contribution >= 0.6 is 11.6 Å². The fraction of sp³-hybridized carbons (Fsp3) is 0.350. The van der Waals surface area contributed by atoms with E-state index in [0.29, 0.717) is 25.1 Å². The van der Waals surface area contributed by atoms with Gasteiger partial charge < -0.3 is 9.64 Å². The lowest BCUT2D eigenvalue weighted by Gasteiger charge is -2.34. The van der Waals surface area contributed by atoms with Crippen molar-refractivity contribution in [2.45, 2.75) is 17.7 Å². The summed E-state index contributed by atoms with van der Waals surface area (Å²) >= 11 is 6.03. The number of halogens is 2. The largest absolute Gasteiger partial charge is 0.494 e. The van der Waals surface area contributed by atoms with Crippen LogP contribution in [0.5, 0.6) is 5.75 Å². The number of hydrogen-bond donors (Lipinski definition) is 0. The molecule has 1 fully saturated rings. The molecule has 1 heterocycles. The smallest absolute Gasteiger partial charge is 0.244 e. The molecule has 3 rings (SSSR count). The Morgan fingerprint density at radius 1 is 1.14 bits per heavy atom. The summed E-state index contributed by atoms with van der Waals surface area (Å²) in [6, 6.07) is 10.9. The normalized spacial score (nSPS) is 15.3. The van der Waals surface area contributed by atoms with E-state index in [1.807, 2.05) is 0 Å². The minimum Gasteiger partial charge on any atom is -0.494 e. The number of amides is 1. The summed E-state index contributed by atoms with van der Waals surface area (Å²) in [4.78, 5) is 14.2. The van der Waals surface area contributed by atoms with Crippen molar-refractivity contribution in [3.8, 4) is 5.75 Å². The van der Waals surface area contributed by atoms with Crippen molar-refractivity contribution in [2.24, 2.45) is 0 Å². The predicted octanol–water partition coefficient (Wildman–Crippen LogP) is 2.95. The quantitative estimate of drug-likeness (QED) is 0.692. The second kappa shape index (κ2) is 9.11. The standard InChI is InChI=1S/C20H22ClFN2O4S/c1-28-18-8-6-15(14-17(18)22)7-9-20(25)23-10-12-24(13-11-23)29(26,27)19-5-3-2-4-16(19)21/h2-6,8,14H,7,9-13H2,1H3. The third-order valence-corrected chi connectivity index (χ3v) is 7.29. The Balaban J connectivity index is 1.56. The highest BCUT2D eigenvalue weighted by atomic mass is 35.5. The first-order valence-corrected chi connectivity index (χ1v) is 11.0. The van der Waals surface area contributed by atoms with Gasteiger partial charge in [-0.25, -0.2) is 12.8 Å². The molecular formula is C20H22ClFN2O4S. The molecule has 2 aromatic rings. The monoisotopic (exact) mass is 440 g/mol. The van der Waals surface area contributed by atoms with Gasteiger partial charge in [0.1, 0.15) is 4.90 Å². The number of benzene rings is 2. The molecule has 0 unspecified atom stereocenters. The van der Waals surface area contributed by atoms with E-state index in [0.717, 1.165) is 0 Å². The predicted molar refractivity (Wildman–Crippen MR) is 108 cm³/mol. The molecule has 0 radical (unpaired) electrons. The van der Waals surface area contributed by atoms with Gasteiger partial charge in [0.15, 0.2) is 11.6 Å². The van der Waals surface area contributed by atoms with E-state index in [1.165, 1.54) is 35.7 Å². The van der Waals surface area contributed by atoms with Gasteiger partial charge in [0, 0.05) is 32.6 Å². The summed E-state index contributed by atoms with van der Waals surface area (Å²) in [6.07, 6.45) is 0.626. The molecule has 0 atom stereocenters. The number of carbonyl (C=O) groups is 1. The minimum atomic E-state index is -3.70. The number of nitrogens with zero attached hydrogens (tertiary/aromatic N) is 2. The van der Waals surface area contributed by atoms with Crippen LogP contribution in [0, 0.1) is 5.82 Å². The van der Waals surface area contributed by atoms with E-state index >= 15 is 0 Å². The lowest BCUT2D eigenvalue weighted by atomic mass is 10.1. The first-order valence-electron chi connectivity index (χ1n) is 9.18. The molecule has 6 nitrogen and oxygen atoms in total. The van der Waals surface area contributed by atoms with E-state index in [9.17, 15) is 17.6 Å². The molecule has 1 amide bonds. The Kier molecular flexibility index (Phi) is 6.77. The SMILES string of the molecule is COc1ccc(CCC(=O)N2CCN(S(=O)(=O)c3ccccc3Cl)CC2)cc1F. The van der Waals surface area contributed by atoms with Gasteiger partial charge in [0.2, 0.25) is 15.9 Å². The van der Waals surface area contributed by atoms with Crippen LogP contribution in [-0.2, 0) is 21.2 Å². The summed E-state index contributed by atoms with van der Waals surface area (Å²) in [7, 11) is -2.30. The average molecular weight is 441 g/mol. The van der Waals surface area contributed by atoms with Gasteiger partial charge in [-0.3, -0.25) is 4.79 Å². The summed E-state index contributed by atoms with van der Waals surface area (Å²) in [5.41, 5.74) is 0.705. The van der Waals surface area contributed by atoms with Gasteiger partial charge in [-0.1, -0.05) is 29.8 Å². The lowest BCUT2D eigenvalue weighted by Crippen LogP contribution is -2.50. The zero-order valence-corrected chi connectivity index (χ0v) is 17.5. The van der Waals surface area contributed by atoms with E-state index in [2.05, 4.69) is 0 Å². The first-order chi connectivity index (χ1) is 13.8. The Morgan fingerprint density at radius 2 is 1.83 bits per heavy atom. The number of carbonyl (C=O) groups excluding carboxylic acids is 1. The van der Waals surface area contributed by atoms with Crippen LogP contribution in [0.3, 0.4) is 0 Å². The molecular weight excluding hydrogens is 419 g/mol. The first kappa shape index (κ1) is 21.5. The number of ether oxygens (including phenoxy) is 1. The highest BCUT2D eigenvalue weighted by Gasteiger charge is 2.31. The molecule has 29 heavy (non-hydrogen) atoms. The van der Waals surface area contributed by atoms with E-state index in [-0.39, 0.29) is 41.1 Å². The molecule has 0 N–H and O–H groups in total. The fourth-order valence-corrected chi connectivity index (χ4v) is 5.16. The Labute approximate surface area is 174 Å². The van der Waals surface area contributed by atoms with E-state index in [4.69, 9.17) is 16.3 Å². The zero-order valence-electron chi connectivity index (χ0n) is 16.0. The maximum atomic E-state index is 13.8. The zero-order chi connectivity index (χ0) is 21.0. The van der Waals surface area contributed by atoms with Crippen LogP contribution < -0.4 is 4.74 Å². The minimum absolute atomic E-state index is 0.0722. The maximum absolute atomic E-state index is 13.8. The maximum Gasteiger partial charge on any atom is 0.244 e. The summed E-state index contributed by atoms with van der Waals surface area (Å²) < 4.78 is 45.5. The molecule has 0 bridgehead atoms. The molecule has 2 aromatic carbocycles. The highest BCUT2D eigenvalue weighted by molar-refractivity contribution is 7.89. The van der Waals surface area contributed by atoms with Crippen molar-refractivity contribution in [2.75, 3.05) is 33.3 Å². The second-order valence-corrected chi connectivity index (χ2v) is 9.00. The summed E-state index contributed by atoms with van der Waals surface area (Å²) in [5, 5.41) is 0.178. The number of hydrogen-bond acceptors (Lipinski definition) is 4. The summed E-state index contributed by atoms with van der Waals surface area (Å²) in [5.74, 6) is -0.386. The van der Waals surface area contributed by atoms with Gasteiger partial charge in [-0.15, -0.1) is 0 Å². The van der Waals surface area contributed by atoms with Crippen LogP contribution in [0.25, 0.3) is 0 Å². The molecule has 0 aromatic heterocycles. The molecule has 0 aliphatic carbocycles. The molecule has 156 valence electrons. The lowest BCUT2D eigenvalue weighted by molar-refractivity contribution is -0.132. The third-order valence-electron chi connectivity index (χ3n) is 4.89. The third kappa shape index (κ3) is 4.88. The van der Waals surface area contributed by atoms with E-state index < -0.39 is 15.8 Å². The Morgan fingerprint density at radius 3 is 2.45 bits per heavy atom. The number of aryl methyl sites for hydroxylation is 1. The van der Waals surface area contributed by atoms with Crippen LogP contribution in [0.4, 0.5) is 4.39 Å². The molecule has 0 spiro atoms. The van der Waals surface area contributed by atoms with Crippen LogP contribution in [-0.4, -0.2) is 56.8 Å².